The number of pyridine rings is 2. The molecule has 0 amide bonds. The molecule has 6 nitrogen and oxygen atoms in total. The van der Waals surface area contributed by atoms with E-state index in [4.69, 9.17) is 4.98 Å². The van der Waals surface area contributed by atoms with Crippen molar-refractivity contribution < 1.29 is 0 Å². The summed E-state index contributed by atoms with van der Waals surface area (Å²) in [5.41, 5.74) is 3.05. The fraction of sp³-hybridized carbons (Fsp3) is 0.368. The Balaban J connectivity index is 1.67. The fourth-order valence-electron chi connectivity index (χ4n) is 3.27. The topological polar surface area (TPSA) is 66.8 Å². The monoisotopic (exact) mass is 334 g/mol. The summed E-state index contributed by atoms with van der Waals surface area (Å²) in [6, 6.07) is 8.03. The van der Waals surface area contributed by atoms with Crippen LogP contribution in [0.2, 0.25) is 0 Å². The summed E-state index contributed by atoms with van der Waals surface area (Å²) in [6.07, 6.45) is 6.94. The first-order valence-electron chi connectivity index (χ1n) is 8.89. The highest BCUT2D eigenvalue weighted by molar-refractivity contribution is 5.87. The predicted molar refractivity (Wildman–Crippen MR) is 99.7 cm³/mol. The van der Waals surface area contributed by atoms with Gasteiger partial charge >= 0.3 is 0 Å². The molecule has 1 saturated heterocycles. The van der Waals surface area contributed by atoms with Gasteiger partial charge in [0, 0.05) is 37.7 Å². The number of fused-ring (bicyclic) bond motifs is 1. The van der Waals surface area contributed by atoms with E-state index in [-0.39, 0.29) is 0 Å². The Hall–Kier alpha value is -2.76. The number of aromatic nitrogens is 4. The van der Waals surface area contributed by atoms with E-state index in [1.807, 2.05) is 24.4 Å². The summed E-state index contributed by atoms with van der Waals surface area (Å²) < 4.78 is 0. The zero-order chi connectivity index (χ0) is 17.1. The molecular formula is C19H22N6. The second-order valence-electron chi connectivity index (χ2n) is 6.26. The number of aryl methyl sites for hydroxylation is 1. The lowest BCUT2D eigenvalue weighted by Gasteiger charge is -2.17. The van der Waals surface area contributed by atoms with Gasteiger partial charge in [0.2, 0.25) is 5.95 Å². The third-order valence-electron chi connectivity index (χ3n) is 4.61. The minimum absolute atomic E-state index is 0.692. The Morgan fingerprint density at radius 1 is 1.04 bits per heavy atom. The van der Waals surface area contributed by atoms with Crippen LogP contribution in [0.3, 0.4) is 0 Å². The lowest BCUT2D eigenvalue weighted by Crippen LogP contribution is -2.21. The van der Waals surface area contributed by atoms with Crippen molar-refractivity contribution in [2.75, 3.05) is 23.3 Å². The molecule has 1 aliphatic heterocycles. The molecule has 0 aromatic carbocycles. The minimum Gasteiger partial charge on any atom is -0.365 e. The average molecular weight is 334 g/mol. The molecule has 25 heavy (non-hydrogen) atoms. The van der Waals surface area contributed by atoms with Gasteiger partial charge in [0.1, 0.15) is 5.82 Å². The summed E-state index contributed by atoms with van der Waals surface area (Å²) in [6.45, 7) is 4.85. The molecule has 6 heteroatoms. The van der Waals surface area contributed by atoms with Gasteiger partial charge in [-0.3, -0.25) is 4.98 Å². The maximum absolute atomic E-state index is 4.80. The number of hydrogen-bond acceptors (Lipinski definition) is 6. The lowest BCUT2D eigenvalue weighted by molar-refractivity contribution is 0.901. The van der Waals surface area contributed by atoms with Crippen molar-refractivity contribution in [3.05, 3.63) is 47.9 Å². The van der Waals surface area contributed by atoms with Crippen LogP contribution < -0.4 is 10.2 Å². The number of hydrogen-bond donors (Lipinski definition) is 1. The molecule has 128 valence electrons. The van der Waals surface area contributed by atoms with Gasteiger partial charge < -0.3 is 10.2 Å². The van der Waals surface area contributed by atoms with Crippen LogP contribution in [0.15, 0.2) is 36.7 Å². The molecule has 0 aliphatic carbocycles. The molecule has 1 aliphatic rings. The molecule has 3 aromatic heterocycles. The first-order valence-corrected chi connectivity index (χ1v) is 8.89. The van der Waals surface area contributed by atoms with Crippen molar-refractivity contribution in [2.45, 2.75) is 32.7 Å². The van der Waals surface area contributed by atoms with E-state index in [1.54, 1.807) is 6.20 Å². The summed E-state index contributed by atoms with van der Waals surface area (Å²) in [5, 5.41) is 4.44. The van der Waals surface area contributed by atoms with E-state index in [0.29, 0.717) is 6.54 Å². The van der Waals surface area contributed by atoms with E-state index < -0.39 is 0 Å². The summed E-state index contributed by atoms with van der Waals surface area (Å²) in [5.74, 6) is 1.61. The van der Waals surface area contributed by atoms with Gasteiger partial charge in [-0.05, 0) is 43.0 Å². The number of anilines is 2. The average Bonchev–Trinajstić information content (AvgIpc) is 3.21. The highest BCUT2D eigenvalue weighted by Crippen LogP contribution is 2.24. The quantitative estimate of drug-likeness (QED) is 0.773. The Morgan fingerprint density at radius 2 is 1.84 bits per heavy atom. The highest BCUT2D eigenvalue weighted by atomic mass is 15.3. The Morgan fingerprint density at radius 3 is 2.68 bits per heavy atom. The molecule has 3 aromatic rings. The molecular weight excluding hydrogens is 312 g/mol. The first kappa shape index (κ1) is 15.7. The van der Waals surface area contributed by atoms with Crippen LogP contribution in [-0.2, 0) is 13.0 Å². The molecule has 0 saturated carbocycles. The van der Waals surface area contributed by atoms with Gasteiger partial charge in [-0.25, -0.2) is 4.98 Å². The third kappa shape index (κ3) is 3.24. The zero-order valence-electron chi connectivity index (χ0n) is 14.4. The van der Waals surface area contributed by atoms with Crippen molar-refractivity contribution in [1.29, 1.82) is 0 Å². The minimum atomic E-state index is 0.692. The Labute approximate surface area is 147 Å². The van der Waals surface area contributed by atoms with Crippen molar-refractivity contribution in [3.63, 3.8) is 0 Å². The van der Waals surface area contributed by atoms with Gasteiger partial charge in [-0.2, -0.15) is 9.97 Å². The lowest BCUT2D eigenvalue weighted by atomic mass is 10.1. The standard InChI is InChI=1S/C19H22N6/c1-2-16-14(7-5-9-20-16)13-22-18-15-8-6-10-21-17(15)23-19(24-18)25-11-3-4-12-25/h5-10H,2-4,11-13H2,1H3,(H,21,22,23,24). The van der Waals surface area contributed by atoms with Crippen LogP contribution in [0.5, 0.6) is 0 Å². The maximum atomic E-state index is 4.80. The molecule has 4 rings (SSSR count). The van der Waals surface area contributed by atoms with Gasteiger partial charge in [0.05, 0.1) is 5.39 Å². The molecule has 0 atom stereocenters. The van der Waals surface area contributed by atoms with Crippen molar-refractivity contribution in [1.82, 2.24) is 19.9 Å². The zero-order valence-corrected chi connectivity index (χ0v) is 14.4. The van der Waals surface area contributed by atoms with Crippen LogP contribution in [0.25, 0.3) is 11.0 Å². The van der Waals surface area contributed by atoms with E-state index >= 15 is 0 Å². The van der Waals surface area contributed by atoms with Crippen LogP contribution >= 0.6 is 0 Å². The highest BCUT2D eigenvalue weighted by Gasteiger charge is 2.17. The van der Waals surface area contributed by atoms with Crippen molar-refractivity contribution in [2.24, 2.45) is 0 Å². The smallest absolute Gasteiger partial charge is 0.229 e. The Bertz CT molecular complexity index is 873. The van der Waals surface area contributed by atoms with Crippen LogP contribution in [0.4, 0.5) is 11.8 Å². The van der Waals surface area contributed by atoms with Crippen LogP contribution in [-0.4, -0.2) is 33.0 Å². The molecule has 1 N–H and O–H groups in total. The van der Waals surface area contributed by atoms with Gasteiger partial charge in [-0.1, -0.05) is 13.0 Å². The number of nitrogens with one attached hydrogen (secondary N) is 1. The van der Waals surface area contributed by atoms with Gasteiger partial charge in [0.25, 0.3) is 0 Å². The first-order chi connectivity index (χ1) is 12.3. The third-order valence-corrected chi connectivity index (χ3v) is 4.61. The second kappa shape index (κ2) is 7.01. The van der Waals surface area contributed by atoms with Crippen molar-refractivity contribution >= 4 is 22.8 Å². The number of nitrogens with zero attached hydrogens (tertiary/aromatic N) is 5. The molecule has 0 unspecified atom stereocenters. The summed E-state index contributed by atoms with van der Waals surface area (Å²) in [4.78, 5) is 20.6. The van der Waals surface area contributed by atoms with Crippen LogP contribution in [0.1, 0.15) is 31.0 Å². The predicted octanol–water partition coefficient (Wildman–Crippen LogP) is 3.19. The normalized spacial score (nSPS) is 14.2. The largest absolute Gasteiger partial charge is 0.365 e. The SMILES string of the molecule is CCc1ncccc1CNc1nc(N2CCCC2)nc2ncccc12. The molecule has 4 heterocycles. The van der Waals surface area contributed by atoms with Gasteiger partial charge in [0.15, 0.2) is 5.65 Å². The summed E-state index contributed by atoms with van der Waals surface area (Å²) >= 11 is 0. The summed E-state index contributed by atoms with van der Waals surface area (Å²) in [7, 11) is 0. The molecule has 0 spiro atoms. The van der Waals surface area contributed by atoms with Crippen LogP contribution in [0, 0.1) is 0 Å². The Kier molecular flexibility index (Phi) is 4.41. The maximum Gasteiger partial charge on any atom is 0.229 e. The van der Waals surface area contributed by atoms with E-state index in [9.17, 15) is 0 Å². The molecule has 0 radical (unpaired) electrons. The van der Waals surface area contributed by atoms with Crippen molar-refractivity contribution in [3.8, 4) is 0 Å². The fourth-order valence-corrected chi connectivity index (χ4v) is 3.27. The molecule has 0 bridgehead atoms. The van der Waals surface area contributed by atoms with Gasteiger partial charge in [-0.15, -0.1) is 0 Å². The second-order valence-corrected chi connectivity index (χ2v) is 6.26. The van der Waals surface area contributed by atoms with E-state index in [2.05, 4.69) is 38.2 Å². The number of rotatable bonds is 5. The van der Waals surface area contributed by atoms with E-state index in [0.717, 1.165) is 48.0 Å². The molecule has 1 fully saturated rings. The van der Waals surface area contributed by atoms with E-state index in [1.165, 1.54) is 18.4 Å².